The molecule has 1 fully saturated rings. The van der Waals surface area contributed by atoms with Crippen molar-refractivity contribution in [3.63, 3.8) is 0 Å². The quantitative estimate of drug-likeness (QED) is 0.507. The van der Waals surface area contributed by atoms with Crippen LogP contribution < -0.4 is 16.0 Å². The van der Waals surface area contributed by atoms with Gasteiger partial charge in [-0.2, -0.15) is 0 Å². The zero-order valence-corrected chi connectivity index (χ0v) is 15.5. The van der Waals surface area contributed by atoms with E-state index in [1.165, 1.54) is 38.9 Å². The molecule has 0 bridgehead atoms. The van der Waals surface area contributed by atoms with Gasteiger partial charge in [-0.3, -0.25) is 9.79 Å². The van der Waals surface area contributed by atoms with Gasteiger partial charge in [-0.1, -0.05) is 6.92 Å². The zero-order chi connectivity index (χ0) is 17.3. The molecule has 0 unspecified atom stereocenters. The molecule has 0 spiro atoms. The number of guanidine groups is 1. The molecule has 0 atom stereocenters. The molecule has 1 saturated heterocycles. The van der Waals surface area contributed by atoms with Crippen molar-refractivity contribution in [3.05, 3.63) is 0 Å². The number of amides is 1. The number of hydrogen-bond acceptors (Lipinski definition) is 3. The summed E-state index contributed by atoms with van der Waals surface area (Å²) in [7, 11) is 1.74. The monoisotopic (exact) mass is 325 g/mol. The van der Waals surface area contributed by atoms with E-state index in [1.54, 1.807) is 7.05 Å². The standard InChI is InChI=1S/C17H35N5O/c1-6-9-22-10-7-14(8-11-22)12-19-16(18-5)20-13-15(23)21-17(2,3)4/h14H,6-13H2,1-5H3,(H,21,23)(H2,18,19,20). The van der Waals surface area contributed by atoms with Gasteiger partial charge < -0.3 is 20.9 Å². The summed E-state index contributed by atoms with van der Waals surface area (Å²) >= 11 is 0. The van der Waals surface area contributed by atoms with Gasteiger partial charge >= 0.3 is 0 Å². The first-order chi connectivity index (χ1) is 10.8. The van der Waals surface area contributed by atoms with Crippen LogP contribution >= 0.6 is 0 Å². The second-order valence-corrected chi connectivity index (χ2v) is 7.39. The number of nitrogens with zero attached hydrogens (tertiary/aromatic N) is 2. The van der Waals surface area contributed by atoms with Crippen LogP contribution in [0.2, 0.25) is 0 Å². The van der Waals surface area contributed by atoms with Crippen molar-refractivity contribution >= 4 is 11.9 Å². The first kappa shape index (κ1) is 19.7. The van der Waals surface area contributed by atoms with Crippen LogP contribution in [0.3, 0.4) is 0 Å². The Bertz CT molecular complexity index is 381. The summed E-state index contributed by atoms with van der Waals surface area (Å²) < 4.78 is 0. The Morgan fingerprint density at radius 2 is 1.87 bits per heavy atom. The highest BCUT2D eigenvalue weighted by atomic mass is 16.2. The third-order valence-corrected chi connectivity index (χ3v) is 3.96. The molecular formula is C17H35N5O. The van der Waals surface area contributed by atoms with Crippen molar-refractivity contribution in [2.45, 2.75) is 52.5 Å². The highest BCUT2D eigenvalue weighted by Gasteiger charge is 2.19. The molecule has 1 heterocycles. The number of aliphatic imine (C=N–C) groups is 1. The molecule has 23 heavy (non-hydrogen) atoms. The van der Waals surface area contributed by atoms with Gasteiger partial charge in [0.25, 0.3) is 0 Å². The molecule has 1 rings (SSSR count). The van der Waals surface area contributed by atoms with E-state index in [1.807, 2.05) is 20.8 Å². The predicted molar refractivity (Wildman–Crippen MR) is 96.7 cm³/mol. The summed E-state index contributed by atoms with van der Waals surface area (Å²) in [4.78, 5) is 18.6. The second kappa shape index (κ2) is 9.75. The number of piperidine rings is 1. The Balaban J connectivity index is 2.23. The van der Waals surface area contributed by atoms with E-state index in [0.29, 0.717) is 11.9 Å². The average Bonchev–Trinajstić information content (AvgIpc) is 2.47. The van der Waals surface area contributed by atoms with Gasteiger partial charge in [0, 0.05) is 19.1 Å². The van der Waals surface area contributed by atoms with E-state index in [9.17, 15) is 4.79 Å². The SMILES string of the molecule is CCCN1CCC(CNC(=NC)NCC(=O)NC(C)(C)C)CC1. The lowest BCUT2D eigenvalue weighted by atomic mass is 9.97. The van der Waals surface area contributed by atoms with Gasteiger partial charge in [0.2, 0.25) is 5.91 Å². The van der Waals surface area contributed by atoms with Crippen LogP contribution in [0.1, 0.15) is 47.0 Å². The summed E-state index contributed by atoms with van der Waals surface area (Å²) in [6, 6.07) is 0. The van der Waals surface area contributed by atoms with Crippen molar-refractivity contribution < 1.29 is 4.79 Å². The molecule has 6 heteroatoms. The van der Waals surface area contributed by atoms with Crippen molar-refractivity contribution in [2.24, 2.45) is 10.9 Å². The van der Waals surface area contributed by atoms with Crippen LogP contribution in [0.15, 0.2) is 4.99 Å². The van der Waals surface area contributed by atoms with Gasteiger partial charge in [0.1, 0.15) is 0 Å². The molecule has 134 valence electrons. The van der Waals surface area contributed by atoms with Gasteiger partial charge in [-0.15, -0.1) is 0 Å². The number of carbonyl (C=O) groups excluding carboxylic acids is 1. The molecule has 0 aliphatic carbocycles. The molecule has 3 N–H and O–H groups in total. The van der Waals surface area contributed by atoms with Crippen molar-refractivity contribution in [2.75, 3.05) is 39.8 Å². The summed E-state index contributed by atoms with van der Waals surface area (Å²) in [5.74, 6) is 1.36. The maximum Gasteiger partial charge on any atom is 0.239 e. The van der Waals surface area contributed by atoms with Crippen molar-refractivity contribution in [1.29, 1.82) is 0 Å². The summed E-state index contributed by atoms with van der Waals surface area (Å²) in [6.07, 6.45) is 3.69. The summed E-state index contributed by atoms with van der Waals surface area (Å²) in [6.45, 7) is 12.9. The lowest BCUT2D eigenvalue weighted by Crippen LogP contribution is -2.49. The predicted octanol–water partition coefficient (Wildman–Crippen LogP) is 1.19. The molecule has 0 aromatic carbocycles. The van der Waals surface area contributed by atoms with Gasteiger partial charge in [0.15, 0.2) is 5.96 Å². The Morgan fingerprint density at radius 1 is 1.22 bits per heavy atom. The molecule has 0 saturated carbocycles. The number of hydrogen-bond donors (Lipinski definition) is 3. The van der Waals surface area contributed by atoms with Crippen LogP contribution in [0.5, 0.6) is 0 Å². The maximum absolute atomic E-state index is 11.8. The van der Waals surface area contributed by atoms with Gasteiger partial charge in [-0.05, 0) is 65.6 Å². The molecule has 1 amide bonds. The second-order valence-electron chi connectivity index (χ2n) is 7.39. The molecule has 0 radical (unpaired) electrons. The lowest BCUT2D eigenvalue weighted by molar-refractivity contribution is -0.121. The topological polar surface area (TPSA) is 68.8 Å². The summed E-state index contributed by atoms with van der Waals surface area (Å²) in [5, 5.41) is 9.35. The van der Waals surface area contributed by atoms with E-state index >= 15 is 0 Å². The van der Waals surface area contributed by atoms with Crippen LogP contribution in [0.4, 0.5) is 0 Å². The van der Waals surface area contributed by atoms with Gasteiger partial charge in [0.05, 0.1) is 6.54 Å². The minimum Gasteiger partial charge on any atom is -0.356 e. The van der Waals surface area contributed by atoms with E-state index < -0.39 is 0 Å². The number of carbonyl (C=O) groups is 1. The van der Waals surface area contributed by atoms with Crippen LogP contribution in [-0.4, -0.2) is 62.1 Å². The van der Waals surface area contributed by atoms with E-state index in [-0.39, 0.29) is 18.0 Å². The van der Waals surface area contributed by atoms with Crippen molar-refractivity contribution in [1.82, 2.24) is 20.9 Å². The molecule has 6 nitrogen and oxygen atoms in total. The fourth-order valence-corrected chi connectivity index (χ4v) is 2.82. The molecule has 0 aromatic rings. The van der Waals surface area contributed by atoms with Crippen LogP contribution in [-0.2, 0) is 4.79 Å². The Labute approximate surface area is 141 Å². The van der Waals surface area contributed by atoms with Crippen LogP contribution in [0.25, 0.3) is 0 Å². The number of rotatable bonds is 6. The highest BCUT2D eigenvalue weighted by molar-refractivity contribution is 5.86. The number of nitrogens with one attached hydrogen (secondary N) is 3. The normalized spacial score (nSPS) is 17.9. The minimum atomic E-state index is -0.206. The van der Waals surface area contributed by atoms with Crippen LogP contribution in [0, 0.1) is 5.92 Å². The Hall–Kier alpha value is -1.30. The number of likely N-dealkylation sites (tertiary alicyclic amines) is 1. The Kier molecular flexibility index (Phi) is 8.37. The maximum atomic E-state index is 11.8. The summed E-state index contributed by atoms with van der Waals surface area (Å²) in [5.41, 5.74) is -0.206. The van der Waals surface area contributed by atoms with E-state index in [2.05, 4.69) is 32.8 Å². The van der Waals surface area contributed by atoms with E-state index in [0.717, 1.165) is 6.54 Å². The first-order valence-electron chi connectivity index (χ1n) is 8.82. The Morgan fingerprint density at radius 3 is 2.39 bits per heavy atom. The van der Waals surface area contributed by atoms with Gasteiger partial charge in [-0.25, -0.2) is 0 Å². The smallest absolute Gasteiger partial charge is 0.239 e. The molecular weight excluding hydrogens is 290 g/mol. The largest absolute Gasteiger partial charge is 0.356 e. The third kappa shape index (κ3) is 8.79. The fourth-order valence-electron chi connectivity index (χ4n) is 2.82. The molecule has 0 aromatic heterocycles. The third-order valence-electron chi connectivity index (χ3n) is 3.96. The zero-order valence-electron chi connectivity index (χ0n) is 15.5. The van der Waals surface area contributed by atoms with E-state index in [4.69, 9.17) is 0 Å². The fraction of sp³-hybridized carbons (Fsp3) is 0.882. The molecule has 1 aliphatic rings. The molecule has 1 aliphatic heterocycles. The minimum absolute atomic E-state index is 0.0201. The average molecular weight is 326 g/mol. The highest BCUT2D eigenvalue weighted by Crippen LogP contribution is 2.16. The first-order valence-corrected chi connectivity index (χ1v) is 8.82. The lowest BCUT2D eigenvalue weighted by Gasteiger charge is -2.32. The van der Waals surface area contributed by atoms with Crippen molar-refractivity contribution in [3.8, 4) is 0 Å².